The van der Waals surface area contributed by atoms with Gasteiger partial charge in [-0.1, -0.05) is 64.4 Å². The number of hydrogen-bond donors (Lipinski definition) is 2. The molecule has 0 aromatic heterocycles. The van der Waals surface area contributed by atoms with E-state index in [2.05, 4.69) is 10.6 Å². The summed E-state index contributed by atoms with van der Waals surface area (Å²) >= 11 is 0. The fourth-order valence-electron chi connectivity index (χ4n) is 2.37. The van der Waals surface area contributed by atoms with Crippen LogP contribution in [0.1, 0.15) is 39.7 Å². The highest BCUT2D eigenvalue weighted by atomic mass is 16.5. The van der Waals surface area contributed by atoms with Crippen molar-refractivity contribution in [2.24, 2.45) is 11.8 Å². The highest BCUT2D eigenvalue weighted by Gasteiger charge is 2.30. The highest BCUT2D eigenvalue weighted by Crippen LogP contribution is 2.11. The number of esters is 1. The van der Waals surface area contributed by atoms with E-state index in [9.17, 15) is 14.4 Å². The maximum Gasteiger partial charge on any atom is 0.329 e. The van der Waals surface area contributed by atoms with E-state index < -0.39 is 18.1 Å². The average Bonchev–Trinajstić information content (AvgIpc) is 2.61. The smallest absolute Gasteiger partial charge is 0.329 e. The number of ether oxygens (including phenoxy) is 1. The fourth-order valence-corrected chi connectivity index (χ4v) is 2.37. The highest BCUT2D eigenvalue weighted by molar-refractivity contribution is 5.88. The van der Waals surface area contributed by atoms with Crippen LogP contribution in [-0.4, -0.2) is 30.4 Å². The van der Waals surface area contributed by atoms with Gasteiger partial charge in [0.15, 0.2) is 0 Å². The molecule has 0 saturated carbocycles. The first-order valence-corrected chi connectivity index (χ1v) is 8.61. The number of carbonyl (C=O) groups excluding carboxylic acids is 3. The second-order valence-corrected chi connectivity index (χ2v) is 6.47. The van der Waals surface area contributed by atoms with Crippen LogP contribution in [0.2, 0.25) is 0 Å². The minimum absolute atomic E-state index is 0.0432. The van der Waals surface area contributed by atoms with Gasteiger partial charge in [-0.25, -0.2) is 4.79 Å². The van der Waals surface area contributed by atoms with Crippen molar-refractivity contribution in [1.29, 1.82) is 0 Å². The van der Waals surface area contributed by atoms with Crippen molar-refractivity contribution in [2.75, 3.05) is 0 Å². The fraction of sp³-hybridized carbons (Fsp3) is 0.526. The monoisotopic (exact) mass is 348 g/mol. The molecule has 2 N–H and O–H groups in total. The summed E-state index contributed by atoms with van der Waals surface area (Å²) in [6.07, 6.45) is 1.23. The van der Waals surface area contributed by atoms with Crippen LogP contribution < -0.4 is 10.6 Å². The molecule has 0 radical (unpaired) electrons. The van der Waals surface area contributed by atoms with Gasteiger partial charge in [0.25, 0.3) is 0 Å². The molecule has 0 heterocycles. The molecule has 0 spiro atoms. The molecule has 0 bridgehead atoms. The molecule has 0 saturated heterocycles. The van der Waals surface area contributed by atoms with E-state index in [-0.39, 0.29) is 24.3 Å². The molecular weight excluding hydrogens is 320 g/mol. The first-order valence-electron chi connectivity index (χ1n) is 8.61. The molecule has 2 unspecified atom stereocenters. The zero-order valence-electron chi connectivity index (χ0n) is 15.3. The lowest BCUT2D eigenvalue weighted by Gasteiger charge is -2.26. The number of rotatable bonds is 10. The third-order valence-corrected chi connectivity index (χ3v) is 4.19. The average molecular weight is 348 g/mol. The van der Waals surface area contributed by atoms with E-state index in [4.69, 9.17) is 4.74 Å². The molecule has 25 heavy (non-hydrogen) atoms. The minimum Gasteiger partial charge on any atom is -0.459 e. The number of benzene rings is 1. The van der Waals surface area contributed by atoms with Crippen LogP contribution in [0.3, 0.4) is 0 Å². The van der Waals surface area contributed by atoms with Gasteiger partial charge < -0.3 is 15.4 Å². The Morgan fingerprint density at radius 2 is 1.76 bits per heavy atom. The van der Waals surface area contributed by atoms with Gasteiger partial charge in [0.1, 0.15) is 18.7 Å². The van der Waals surface area contributed by atoms with Crippen molar-refractivity contribution in [1.82, 2.24) is 10.6 Å². The van der Waals surface area contributed by atoms with Crippen LogP contribution in [-0.2, 0) is 25.7 Å². The Labute approximate surface area is 149 Å². The quantitative estimate of drug-likeness (QED) is 0.500. The number of carbonyl (C=O) groups is 3. The minimum atomic E-state index is -0.767. The molecule has 0 aliphatic rings. The van der Waals surface area contributed by atoms with Crippen molar-refractivity contribution < 1.29 is 19.1 Å². The third-order valence-electron chi connectivity index (χ3n) is 4.19. The number of nitrogens with one attached hydrogen (secondary N) is 2. The lowest BCUT2D eigenvalue weighted by Crippen LogP contribution is -2.54. The van der Waals surface area contributed by atoms with E-state index in [0.717, 1.165) is 12.0 Å². The summed E-state index contributed by atoms with van der Waals surface area (Å²) in [5.74, 6) is -1.04. The van der Waals surface area contributed by atoms with Crippen molar-refractivity contribution in [2.45, 2.75) is 52.8 Å². The SMILES string of the molecule is CC[C@H](C)C(NC=O)C(=O)NC(C(=O)OCc1ccccc1)C(C)C. The Morgan fingerprint density at radius 3 is 2.28 bits per heavy atom. The molecule has 0 aliphatic carbocycles. The Hall–Kier alpha value is -2.37. The molecule has 6 heteroatoms. The van der Waals surface area contributed by atoms with E-state index in [0.29, 0.717) is 6.41 Å². The van der Waals surface area contributed by atoms with Gasteiger partial charge in [-0.2, -0.15) is 0 Å². The van der Waals surface area contributed by atoms with Gasteiger partial charge in [0.05, 0.1) is 0 Å². The maximum absolute atomic E-state index is 12.5. The van der Waals surface area contributed by atoms with Crippen LogP contribution in [0.4, 0.5) is 0 Å². The van der Waals surface area contributed by atoms with Crippen LogP contribution in [0.5, 0.6) is 0 Å². The van der Waals surface area contributed by atoms with Crippen LogP contribution in [0.25, 0.3) is 0 Å². The molecule has 0 aliphatic heterocycles. The summed E-state index contributed by atoms with van der Waals surface area (Å²) in [6, 6.07) is 7.91. The second-order valence-electron chi connectivity index (χ2n) is 6.47. The zero-order chi connectivity index (χ0) is 18.8. The van der Waals surface area contributed by atoms with Crippen molar-refractivity contribution in [3.63, 3.8) is 0 Å². The molecule has 1 rings (SSSR count). The lowest BCUT2D eigenvalue weighted by atomic mass is 9.97. The largest absolute Gasteiger partial charge is 0.459 e. The standard InChI is InChI=1S/C19H28N2O4/c1-5-14(4)17(20-12-22)18(23)21-16(13(2)3)19(24)25-11-15-9-7-6-8-10-15/h6-10,12-14,16-17H,5,11H2,1-4H3,(H,20,22)(H,21,23)/t14-,16?,17?/m0/s1. The van der Waals surface area contributed by atoms with E-state index in [1.165, 1.54) is 0 Å². The van der Waals surface area contributed by atoms with Gasteiger partial charge in [-0.3, -0.25) is 9.59 Å². The van der Waals surface area contributed by atoms with Gasteiger partial charge >= 0.3 is 5.97 Å². The van der Waals surface area contributed by atoms with E-state index >= 15 is 0 Å². The molecule has 1 aromatic carbocycles. The van der Waals surface area contributed by atoms with Gasteiger partial charge in [0.2, 0.25) is 12.3 Å². The molecule has 2 amide bonds. The Balaban J connectivity index is 2.72. The summed E-state index contributed by atoms with van der Waals surface area (Å²) < 4.78 is 5.34. The molecule has 138 valence electrons. The van der Waals surface area contributed by atoms with Gasteiger partial charge in [0, 0.05) is 0 Å². The summed E-state index contributed by atoms with van der Waals surface area (Å²) in [6.45, 7) is 7.63. The molecule has 1 aromatic rings. The maximum atomic E-state index is 12.5. The Bertz CT molecular complexity index is 560. The Kier molecular flexibility index (Phi) is 8.67. The normalized spacial score (nSPS) is 14.3. The first-order chi connectivity index (χ1) is 11.9. The molecule has 3 atom stereocenters. The molecule has 6 nitrogen and oxygen atoms in total. The van der Waals surface area contributed by atoms with E-state index in [1.54, 1.807) is 0 Å². The topological polar surface area (TPSA) is 84.5 Å². The van der Waals surface area contributed by atoms with Crippen LogP contribution >= 0.6 is 0 Å². The number of amides is 2. The molecular formula is C19H28N2O4. The second kappa shape index (κ2) is 10.5. The predicted molar refractivity (Wildman–Crippen MR) is 95.4 cm³/mol. The van der Waals surface area contributed by atoms with Crippen molar-refractivity contribution in [3.8, 4) is 0 Å². The van der Waals surface area contributed by atoms with Crippen LogP contribution in [0, 0.1) is 11.8 Å². The third kappa shape index (κ3) is 6.57. The lowest BCUT2D eigenvalue weighted by molar-refractivity contribution is -0.150. The van der Waals surface area contributed by atoms with Gasteiger partial charge in [-0.05, 0) is 17.4 Å². The predicted octanol–water partition coefficient (Wildman–Crippen LogP) is 2.03. The van der Waals surface area contributed by atoms with Crippen LogP contribution in [0.15, 0.2) is 30.3 Å². The first kappa shape index (κ1) is 20.7. The van der Waals surface area contributed by atoms with E-state index in [1.807, 2.05) is 58.0 Å². The van der Waals surface area contributed by atoms with Crippen molar-refractivity contribution >= 4 is 18.3 Å². The summed E-state index contributed by atoms with van der Waals surface area (Å²) in [5, 5.41) is 5.25. The van der Waals surface area contributed by atoms with Crippen molar-refractivity contribution in [3.05, 3.63) is 35.9 Å². The summed E-state index contributed by atoms with van der Waals surface area (Å²) in [5.41, 5.74) is 0.879. The summed E-state index contributed by atoms with van der Waals surface area (Å²) in [7, 11) is 0. The summed E-state index contributed by atoms with van der Waals surface area (Å²) in [4.78, 5) is 35.6. The molecule has 0 fully saturated rings. The number of hydrogen-bond acceptors (Lipinski definition) is 4. The Morgan fingerprint density at radius 1 is 1.12 bits per heavy atom. The zero-order valence-corrected chi connectivity index (χ0v) is 15.3. The van der Waals surface area contributed by atoms with Gasteiger partial charge in [-0.15, -0.1) is 0 Å².